The van der Waals surface area contributed by atoms with Crippen LogP contribution in [0.25, 0.3) is 0 Å². The molecule has 0 aliphatic rings. The van der Waals surface area contributed by atoms with E-state index >= 15 is 0 Å². The molecule has 0 aromatic heterocycles. The molecular weight excluding hydrogens is 394 g/mol. The number of amides is 3. The second-order valence-corrected chi connectivity index (χ2v) is 6.83. The topological polar surface area (TPSA) is 96.5 Å². The van der Waals surface area contributed by atoms with E-state index in [2.05, 4.69) is 16.0 Å². The van der Waals surface area contributed by atoms with E-state index in [0.29, 0.717) is 28.4 Å². The van der Waals surface area contributed by atoms with Crippen molar-refractivity contribution in [2.24, 2.45) is 0 Å². The fraction of sp³-hybridized carbons (Fsp3) is 0.125. The molecule has 0 saturated carbocycles. The van der Waals surface area contributed by atoms with Crippen LogP contribution >= 0.6 is 0 Å². The van der Waals surface area contributed by atoms with E-state index in [9.17, 15) is 14.4 Å². The lowest BCUT2D eigenvalue weighted by molar-refractivity contribution is -0.116. The van der Waals surface area contributed by atoms with Gasteiger partial charge in [0.1, 0.15) is 5.75 Å². The van der Waals surface area contributed by atoms with Crippen LogP contribution in [0.15, 0.2) is 72.8 Å². The van der Waals surface area contributed by atoms with Crippen LogP contribution in [0.5, 0.6) is 5.75 Å². The highest BCUT2D eigenvalue weighted by molar-refractivity contribution is 6.05. The van der Waals surface area contributed by atoms with Gasteiger partial charge in [0.25, 0.3) is 5.91 Å². The number of methoxy groups -OCH3 is 1. The SMILES string of the molecule is COc1ccccc1NC(=O)c1ccc(NC(=O)Cc2ccc(NC(C)=O)cc2)cc1. The summed E-state index contributed by atoms with van der Waals surface area (Å²) in [6.45, 7) is 1.44. The molecule has 0 fully saturated rings. The molecule has 0 saturated heterocycles. The molecule has 7 nitrogen and oxygen atoms in total. The fourth-order valence-electron chi connectivity index (χ4n) is 2.95. The van der Waals surface area contributed by atoms with Crippen LogP contribution in [-0.2, 0) is 16.0 Å². The lowest BCUT2D eigenvalue weighted by atomic mass is 10.1. The molecule has 0 atom stereocenters. The van der Waals surface area contributed by atoms with Crippen molar-refractivity contribution in [2.45, 2.75) is 13.3 Å². The second-order valence-electron chi connectivity index (χ2n) is 6.83. The number of para-hydroxylation sites is 2. The predicted octanol–water partition coefficient (Wildman–Crippen LogP) is 4.09. The summed E-state index contributed by atoms with van der Waals surface area (Å²) in [4.78, 5) is 35.8. The predicted molar refractivity (Wildman–Crippen MR) is 120 cm³/mol. The summed E-state index contributed by atoms with van der Waals surface area (Å²) in [6, 6.07) is 20.9. The Hall–Kier alpha value is -4.13. The third-order valence-corrected chi connectivity index (χ3v) is 4.43. The molecule has 0 spiro atoms. The highest BCUT2D eigenvalue weighted by Gasteiger charge is 2.10. The number of anilines is 3. The summed E-state index contributed by atoms with van der Waals surface area (Å²) < 4.78 is 5.24. The third-order valence-electron chi connectivity index (χ3n) is 4.43. The molecule has 31 heavy (non-hydrogen) atoms. The van der Waals surface area contributed by atoms with Gasteiger partial charge in [0.15, 0.2) is 0 Å². The maximum absolute atomic E-state index is 12.5. The maximum atomic E-state index is 12.5. The van der Waals surface area contributed by atoms with Gasteiger partial charge in [-0.3, -0.25) is 14.4 Å². The molecule has 3 rings (SSSR count). The lowest BCUT2D eigenvalue weighted by Crippen LogP contribution is -2.15. The zero-order valence-corrected chi connectivity index (χ0v) is 17.3. The van der Waals surface area contributed by atoms with Crippen LogP contribution in [0.1, 0.15) is 22.8 Å². The number of nitrogens with one attached hydrogen (secondary N) is 3. The van der Waals surface area contributed by atoms with E-state index in [0.717, 1.165) is 5.56 Å². The smallest absolute Gasteiger partial charge is 0.255 e. The van der Waals surface area contributed by atoms with Gasteiger partial charge in [0.05, 0.1) is 19.2 Å². The van der Waals surface area contributed by atoms with Crippen molar-refractivity contribution >= 4 is 34.8 Å². The van der Waals surface area contributed by atoms with Crippen LogP contribution in [0.3, 0.4) is 0 Å². The van der Waals surface area contributed by atoms with Crippen LogP contribution < -0.4 is 20.7 Å². The Kier molecular flexibility index (Phi) is 7.01. The largest absolute Gasteiger partial charge is 0.495 e. The van der Waals surface area contributed by atoms with E-state index in [4.69, 9.17) is 4.74 Å². The third kappa shape index (κ3) is 6.17. The summed E-state index contributed by atoms with van der Waals surface area (Å²) in [7, 11) is 1.54. The molecule has 0 aliphatic heterocycles. The minimum absolute atomic E-state index is 0.148. The summed E-state index contributed by atoms with van der Waals surface area (Å²) in [5.41, 5.74) is 3.13. The van der Waals surface area contributed by atoms with E-state index in [-0.39, 0.29) is 24.1 Å². The van der Waals surface area contributed by atoms with Gasteiger partial charge in [-0.1, -0.05) is 24.3 Å². The van der Waals surface area contributed by atoms with Crippen molar-refractivity contribution in [3.63, 3.8) is 0 Å². The van der Waals surface area contributed by atoms with Crippen LogP contribution in [0.2, 0.25) is 0 Å². The number of ether oxygens (including phenoxy) is 1. The number of hydrogen-bond donors (Lipinski definition) is 3. The van der Waals surface area contributed by atoms with Crippen LogP contribution in [0, 0.1) is 0 Å². The number of carbonyl (C=O) groups is 3. The van der Waals surface area contributed by atoms with Crippen molar-refractivity contribution in [3.05, 3.63) is 83.9 Å². The number of benzene rings is 3. The number of hydrogen-bond acceptors (Lipinski definition) is 4. The Morgan fingerprint density at radius 2 is 1.39 bits per heavy atom. The Morgan fingerprint density at radius 1 is 0.774 bits per heavy atom. The molecule has 0 aliphatic carbocycles. The van der Waals surface area contributed by atoms with Gasteiger partial charge >= 0.3 is 0 Å². The van der Waals surface area contributed by atoms with E-state index in [1.165, 1.54) is 6.92 Å². The van der Waals surface area contributed by atoms with Gasteiger partial charge in [-0.05, 0) is 54.1 Å². The van der Waals surface area contributed by atoms with Gasteiger partial charge < -0.3 is 20.7 Å². The lowest BCUT2D eigenvalue weighted by Gasteiger charge is -2.10. The first-order chi connectivity index (χ1) is 14.9. The maximum Gasteiger partial charge on any atom is 0.255 e. The van der Waals surface area contributed by atoms with Crippen LogP contribution in [0.4, 0.5) is 17.1 Å². The van der Waals surface area contributed by atoms with Gasteiger partial charge in [-0.2, -0.15) is 0 Å². The molecule has 3 aromatic carbocycles. The Labute approximate surface area is 180 Å². The molecule has 0 bridgehead atoms. The Balaban J connectivity index is 1.56. The van der Waals surface area contributed by atoms with Gasteiger partial charge in [-0.15, -0.1) is 0 Å². The monoisotopic (exact) mass is 417 g/mol. The molecule has 3 N–H and O–H groups in total. The summed E-state index contributed by atoms with van der Waals surface area (Å²) in [5, 5.41) is 8.30. The number of carbonyl (C=O) groups excluding carboxylic acids is 3. The van der Waals surface area contributed by atoms with Crippen molar-refractivity contribution in [2.75, 3.05) is 23.1 Å². The molecule has 3 aromatic rings. The van der Waals surface area contributed by atoms with Crippen molar-refractivity contribution in [1.29, 1.82) is 0 Å². The normalized spacial score (nSPS) is 10.1. The molecule has 7 heteroatoms. The highest BCUT2D eigenvalue weighted by atomic mass is 16.5. The highest BCUT2D eigenvalue weighted by Crippen LogP contribution is 2.24. The summed E-state index contributed by atoms with van der Waals surface area (Å²) in [6.07, 6.45) is 0.191. The van der Waals surface area contributed by atoms with E-state index < -0.39 is 0 Å². The molecular formula is C24H23N3O4. The molecule has 0 unspecified atom stereocenters. The average molecular weight is 417 g/mol. The van der Waals surface area contributed by atoms with E-state index in [1.807, 2.05) is 12.1 Å². The Bertz CT molecular complexity index is 1080. The first kappa shape index (κ1) is 21.6. The summed E-state index contributed by atoms with van der Waals surface area (Å²) in [5.74, 6) is -0.0319. The van der Waals surface area contributed by atoms with Crippen molar-refractivity contribution in [3.8, 4) is 5.75 Å². The van der Waals surface area contributed by atoms with Crippen LogP contribution in [-0.4, -0.2) is 24.8 Å². The van der Waals surface area contributed by atoms with Gasteiger partial charge in [-0.25, -0.2) is 0 Å². The standard InChI is InChI=1S/C24H23N3O4/c1-16(28)25-19-11-7-17(8-12-19)15-23(29)26-20-13-9-18(10-14-20)24(30)27-21-5-3-4-6-22(21)31-2/h3-14H,15H2,1-2H3,(H,25,28)(H,26,29)(H,27,30). The quantitative estimate of drug-likeness (QED) is 0.540. The van der Waals surface area contributed by atoms with Crippen molar-refractivity contribution in [1.82, 2.24) is 0 Å². The summed E-state index contributed by atoms with van der Waals surface area (Å²) >= 11 is 0. The second kappa shape index (κ2) is 10.1. The number of rotatable bonds is 7. The van der Waals surface area contributed by atoms with E-state index in [1.54, 1.807) is 67.8 Å². The van der Waals surface area contributed by atoms with Gasteiger partial charge in [0.2, 0.25) is 11.8 Å². The molecule has 0 heterocycles. The molecule has 0 radical (unpaired) electrons. The average Bonchev–Trinajstić information content (AvgIpc) is 2.75. The zero-order valence-electron chi connectivity index (χ0n) is 17.3. The Morgan fingerprint density at radius 3 is 2.03 bits per heavy atom. The molecule has 158 valence electrons. The van der Waals surface area contributed by atoms with Crippen molar-refractivity contribution < 1.29 is 19.1 Å². The minimum atomic E-state index is -0.276. The van der Waals surface area contributed by atoms with Gasteiger partial charge in [0, 0.05) is 23.9 Å². The zero-order chi connectivity index (χ0) is 22.2. The first-order valence-electron chi connectivity index (χ1n) is 9.65. The minimum Gasteiger partial charge on any atom is -0.495 e. The fourth-order valence-corrected chi connectivity index (χ4v) is 2.95. The first-order valence-corrected chi connectivity index (χ1v) is 9.65. The molecule has 3 amide bonds.